The van der Waals surface area contributed by atoms with Gasteiger partial charge in [0.25, 0.3) is 0 Å². The van der Waals surface area contributed by atoms with Gasteiger partial charge in [0.05, 0.1) is 11.8 Å². The molecule has 0 aromatic carbocycles. The normalized spacial score (nSPS) is 25.1. The van der Waals surface area contributed by atoms with E-state index in [-0.39, 0.29) is 0 Å². The predicted molar refractivity (Wildman–Crippen MR) is 83.9 cm³/mol. The maximum absolute atomic E-state index is 6.06. The summed E-state index contributed by atoms with van der Waals surface area (Å²) in [4.78, 5) is 0. The molecule has 2 unspecified atom stereocenters. The van der Waals surface area contributed by atoms with Crippen molar-refractivity contribution in [2.75, 3.05) is 6.54 Å². The molecule has 0 aliphatic heterocycles. The first-order valence-corrected chi connectivity index (χ1v) is 8.25. The topological polar surface area (TPSA) is 47.3 Å². The molecule has 1 aliphatic rings. The van der Waals surface area contributed by atoms with Crippen LogP contribution in [-0.2, 0) is 17.9 Å². The lowest BCUT2D eigenvalue weighted by atomic mass is 9.71. The molecule has 1 aromatic heterocycles. The van der Waals surface area contributed by atoms with Crippen LogP contribution in [-0.4, -0.2) is 17.8 Å². The summed E-state index contributed by atoms with van der Waals surface area (Å²) in [5, 5.41) is 7.40. The van der Waals surface area contributed by atoms with E-state index in [9.17, 15) is 0 Å². The Kier molecular flexibility index (Phi) is 5.82. The van der Waals surface area contributed by atoms with Gasteiger partial charge < -0.3 is 14.6 Å². The SMILES string of the molecule is CCCNCc1cc(COC2CC(C)CC(C)(C)C2)on1. The summed E-state index contributed by atoms with van der Waals surface area (Å²) in [7, 11) is 0. The summed E-state index contributed by atoms with van der Waals surface area (Å²) >= 11 is 0. The van der Waals surface area contributed by atoms with E-state index in [0.717, 1.165) is 49.7 Å². The minimum Gasteiger partial charge on any atom is -0.370 e. The summed E-state index contributed by atoms with van der Waals surface area (Å²) < 4.78 is 11.4. The smallest absolute Gasteiger partial charge is 0.162 e. The van der Waals surface area contributed by atoms with Gasteiger partial charge in [0, 0.05) is 12.6 Å². The van der Waals surface area contributed by atoms with Crippen LogP contribution in [0.15, 0.2) is 10.6 Å². The standard InChI is InChI=1S/C17H30N2O2/c1-5-6-18-11-14-8-16(21-19-14)12-20-15-7-13(2)9-17(3,4)10-15/h8,13,15,18H,5-7,9-12H2,1-4H3. The molecule has 0 amide bonds. The van der Waals surface area contributed by atoms with E-state index >= 15 is 0 Å². The highest BCUT2D eigenvalue weighted by Crippen LogP contribution is 2.39. The van der Waals surface area contributed by atoms with Gasteiger partial charge in [0.2, 0.25) is 0 Å². The molecular weight excluding hydrogens is 264 g/mol. The Morgan fingerprint density at radius 2 is 2.24 bits per heavy atom. The number of nitrogens with one attached hydrogen (secondary N) is 1. The second kappa shape index (κ2) is 7.41. The molecule has 120 valence electrons. The van der Waals surface area contributed by atoms with Gasteiger partial charge in [0.15, 0.2) is 5.76 Å². The lowest BCUT2D eigenvalue weighted by molar-refractivity contribution is -0.0380. The quantitative estimate of drug-likeness (QED) is 0.775. The first kappa shape index (κ1) is 16.5. The van der Waals surface area contributed by atoms with Crippen LogP contribution in [0.1, 0.15) is 64.8 Å². The summed E-state index contributed by atoms with van der Waals surface area (Å²) in [5.41, 5.74) is 1.35. The largest absolute Gasteiger partial charge is 0.370 e. The van der Waals surface area contributed by atoms with Crippen molar-refractivity contribution in [1.82, 2.24) is 10.5 Å². The van der Waals surface area contributed by atoms with Gasteiger partial charge in [-0.05, 0) is 43.6 Å². The Bertz CT molecular complexity index is 428. The number of ether oxygens (including phenoxy) is 1. The van der Waals surface area contributed by atoms with Crippen LogP contribution in [0, 0.1) is 11.3 Å². The highest BCUT2D eigenvalue weighted by molar-refractivity contribution is 5.04. The van der Waals surface area contributed by atoms with E-state index < -0.39 is 0 Å². The minimum absolute atomic E-state index is 0.343. The maximum atomic E-state index is 6.06. The van der Waals surface area contributed by atoms with Crippen molar-refractivity contribution in [3.05, 3.63) is 17.5 Å². The average Bonchev–Trinajstić information content (AvgIpc) is 2.82. The second-order valence-corrected chi connectivity index (χ2v) is 7.31. The molecule has 4 nitrogen and oxygen atoms in total. The van der Waals surface area contributed by atoms with Crippen molar-refractivity contribution < 1.29 is 9.26 Å². The molecule has 21 heavy (non-hydrogen) atoms. The Balaban J connectivity index is 1.77. The molecule has 4 heteroatoms. The fourth-order valence-corrected chi connectivity index (χ4v) is 3.49. The highest BCUT2D eigenvalue weighted by Gasteiger charge is 2.32. The van der Waals surface area contributed by atoms with Crippen molar-refractivity contribution in [3.63, 3.8) is 0 Å². The third kappa shape index (κ3) is 5.44. The Hall–Kier alpha value is -0.870. The summed E-state index contributed by atoms with van der Waals surface area (Å²) in [6.07, 6.45) is 5.06. The van der Waals surface area contributed by atoms with E-state index in [4.69, 9.17) is 9.26 Å². The van der Waals surface area contributed by atoms with Crippen molar-refractivity contribution in [2.24, 2.45) is 11.3 Å². The lowest BCUT2D eigenvalue weighted by Crippen LogP contribution is -2.32. The molecule has 1 heterocycles. The molecule has 0 saturated heterocycles. The highest BCUT2D eigenvalue weighted by atomic mass is 16.5. The fraction of sp³-hybridized carbons (Fsp3) is 0.824. The zero-order valence-corrected chi connectivity index (χ0v) is 13.9. The van der Waals surface area contributed by atoms with E-state index in [0.29, 0.717) is 18.1 Å². The van der Waals surface area contributed by atoms with Crippen LogP contribution in [0.25, 0.3) is 0 Å². The van der Waals surface area contributed by atoms with Gasteiger partial charge in [-0.2, -0.15) is 0 Å². The van der Waals surface area contributed by atoms with Gasteiger partial charge in [-0.3, -0.25) is 0 Å². The third-order valence-electron chi connectivity index (χ3n) is 4.15. The summed E-state index contributed by atoms with van der Waals surface area (Å²) in [5.74, 6) is 1.57. The minimum atomic E-state index is 0.343. The van der Waals surface area contributed by atoms with Crippen LogP contribution >= 0.6 is 0 Å². The van der Waals surface area contributed by atoms with E-state index in [1.165, 1.54) is 6.42 Å². The zero-order valence-electron chi connectivity index (χ0n) is 13.9. The van der Waals surface area contributed by atoms with Gasteiger partial charge in [-0.1, -0.05) is 32.9 Å². The van der Waals surface area contributed by atoms with Gasteiger partial charge in [0.1, 0.15) is 6.61 Å². The van der Waals surface area contributed by atoms with E-state index in [2.05, 4.69) is 38.2 Å². The Morgan fingerprint density at radius 1 is 1.43 bits per heavy atom. The van der Waals surface area contributed by atoms with Crippen molar-refractivity contribution in [1.29, 1.82) is 0 Å². The van der Waals surface area contributed by atoms with Crippen molar-refractivity contribution >= 4 is 0 Å². The monoisotopic (exact) mass is 294 g/mol. The van der Waals surface area contributed by atoms with Crippen LogP contribution in [0.4, 0.5) is 0 Å². The molecule has 1 aliphatic carbocycles. The van der Waals surface area contributed by atoms with Crippen molar-refractivity contribution in [2.45, 2.75) is 72.6 Å². The molecular formula is C17H30N2O2. The first-order chi connectivity index (χ1) is 9.98. The maximum Gasteiger partial charge on any atom is 0.162 e. The van der Waals surface area contributed by atoms with Crippen LogP contribution in [0.5, 0.6) is 0 Å². The van der Waals surface area contributed by atoms with E-state index in [1.54, 1.807) is 0 Å². The number of rotatable bonds is 7. The Morgan fingerprint density at radius 3 is 2.95 bits per heavy atom. The number of aromatic nitrogens is 1. The first-order valence-electron chi connectivity index (χ1n) is 8.25. The van der Waals surface area contributed by atoms with Gasteiger partial charge in [-0.15, -0.1) is 0 Å². The lowest BCUT2D eigenvalue weighted by Gasteiger charge is -2.38. The fourth-order valence-electron chi connectivity index (χ4n) is 3.49. The summed E-state index contributed by atoms with van der Waals surface area (Å²) in [6.45, 7) is 11.5. The van der Waals surface area contributed by atoms with Crippen molar-refractivity contribution in [3.8, 4) is 0 Å². The number of hydrogen-bond acceptors (Lipinski definition) is 4. The average molecular weight is 294 g/mol. The second-order valence-electron chi connectivity index (χ2n) is 7.31. The van der Waals surface area contributed by atoms with Gasteiger partial charge in [-0.25, -0.2) is 0 Å². The molecule has 1 aromatic rings. The van der Waals surface area contributed by atoms with Crippen LogP contribution < -0.4 is 5.32 Å². The molecule has 0 bridgehead atoms. The molecule has 0 radical (unpaired) electrons. The number of nitrogens with zero attached hydrogens (tertiary/aromatic N) is 1. The molecule has 0 spiro atoms. The number of hydrogen-bond donors (Lipinski definition) is 1. The molecule has 1 fully saturated rings. The van der Waals surface area contributed by atoms with Gasteiger partial charge >= 0.3 is 0 Å². The zero-order chi connectivity index (χ0) is 15.3. The molecule has 2 rings (SSSR count). The molecule has 1 saturated carbocycles. The Labute approximate surface area is 128 Å². The predicted octanol–water partition coefficient (Wildman–Crippen LogP) is 3.91. The third-order valence-corrected chi connectivity index (χ3v) is 4.15. The van der Waals surface area contributed by atoms with Crippen LogP contribution in [0.3, 0.4) is 0 Å². The van der Waals surface area contributed by atoms with E-state index in [1.807, 2.05) is 6.07 Å². The molecule has 1 N–H and O–H groups in total. The summed E-state index contributed by atoms with van der Waals surface area (Å²) in [6, 6.07) is 2.00. The van der Waals surface area contributed by atoms with Crippen LogP contribution in [0.2, 0.25) is 0 Å². The molecule has 2 atom stereocenters.